The second-order valence-corrected chi connectivity index (χ2v) is 4.63. The summed E-state index contributed by atoms with van der Waals surface area (Å²) in [5.41, 5.74) is 1.64. The molecule has 0 aromatic carbocycles. The van der Waals surface area contributed by atoms with E-state index in [2.05, 4.69) is 25.5 Å². The van der Waals surface area contributed by atoms with Crippen LogP contribution in [0.1, 0.15) is 12.6 Å². The minimum atomic E-state index is -0.707. The highest BCUT2D eigenvalue weighted by atomic mass is 16.5. The van der Waals surface area contributed by atoms with Crippen molar-refractivity contribution in [3.05, 3.63) is 12.7 Å². The lowest BCUT2D eigenvalue weighted by atomic mass is 10.2. The van der Waals surface area contributed by atoms with Gasteiger partial charge in [0.15, 0.2) is 11.2 Å². The molecule has 3 aromatic rings. The van der Waals surface area contributed by atoms with Crippen molar-refractivity contribution in [2.45, 2.75) is 24.9 Å². The molecule has 0 spiro atoms. The number of ether oxygens (including phenoxy) is 1. The van der Waals surface area contributed by atoms with Crippen LogP contribution in [0.2, 0.25) is 0 Å². The number of tetrazole rings is 1. The summed E-state index contributed by atoms with van der Waals surface area (Å²) >= 11 is 0. The topological polar surface area (TPSA) is 123 Å². The van der Waals surface area contributed by atoms with Gasteiger partial charge in [0.05, 0.1) is 19.0 Å². The van der Waals surface area contributed by atoms with Gasteiger partial charge in [-0.15, -0.1) is 5.10 Å². The van der Waals surface area contributed by atoms with Crippen LogP contribution in [0, 0.1) is 0 Å². The molecular formula is C10H11N7O3. The van der Waals surface area contributed by atoms with Crippen molar-refractivity contribution in [2.24, 2.45) is 0 Å². The summed E-state index contributed by atoms with van der Waals surface area (Å²) in [6, 6.07) is 0. The molecule has 20 heavy (non-hydrogen) atoms. The van der Waals surface area contributed by atoms with Gasteiger partial charge in [0.1, 0.15) is 18.7 Å². The second-order valence-electron chi connectivity index (χ2n) is 4.63. The van der Waals surface area contributed by atoms with Crippen molar-refractivity contribution in [3.8, 4) is 0 Å². The zero-order valence-corrected chi connectivity index (χ0v) is 10.2. The minimum absolute atomic E-state index is 0.226. The second kappa shape index (κ2) is 4.16. The Morgan fingerprint density at radius 2 is 2.20 bits per heavy atom. The molecule has 10 nitrogen and oxygen atoms in total. The van der Waals surface area contributed by atoms with Crippen molar-refractivity contribution < 1.29 is 14.9 Å². The summed E-state index contributed by atoms with van der Waals surface area (Å²) in [6.07, 6.45) is 1.72. The normalized spacial score (nSPS) is 26.8. The third-order valence-corrected chi connectivity index (χ3v) is 3.46. The monoisotopic (exact) mass is 277 g/mol. The van der Waals surface area contributed by atoms with Gasteiger partial charge in [0, 0.05) is 6.42 Å². The van der Waals surface area contributed by atoms with Gasteiger partial charge in [-0.2, -0.15) is 4.52 Å². The number of hydrogen-bond donors (Lipinski definition) is 2. The van der Waals surface area contributed by atoms with Gasteiger partial charge in [0.2, 0.25) is 5.65 Å². The maximum Gasteiger partial charge on any atom is 0.210 e. The molecule has 4 rings (SSSR count). The predicted molar refractivity (Wildman–Crippen MR) is 63.5 cm³/mol. The summed E-state index contributed by atoms with van der Waals surface area (Å²) in [5, 5.41) is 30.1. The van der Waals surface area contributed by atoms with Crippen LogP contribution in [-0.4, -0.2) is 63.6 Å². The first-order valence-electron chi connectivity index (χ1n) is 6.11. The van der Waals surface area contributed by atoms with E-state index in [4.69, 9.17) is 9.84 Å². The Morgan fingerprint density at radius 3 is 3.00 bits per heavy atom. The highest BCUT2D eigenvalue weighted by Crippen LogP contribution is 2.30. The molecule has 3 aromatic heterocycles. The van der Waals surface area contributed by atoms with E-state index in [-0.39, 0.29) is 6.61 Å². The Bertz CT molecular complexity index is 768. The summed E-state index contributed by atoms with van der Waals surface area (Å²) in [4.78, 5) is 8.51. The molecule has 3 atom stereocenters. The first-order chi connectivity index (χ1) is 9.78. The zero-order valence-electron chi connectivity index (χ0n) is 10.2. The van der Waals surface area contributed by atoms with Crippen LogP contribution in [0.3, 0.4) is 0 Å². The summed E-state index contributed by atoms with van der Waals surface area (Å²) in [6.45, 7) is -0.226. The number of hydrogen-bond acceptors (Lipinski definition) is 8. The maximum absolute atomic E-state index is 9.79. The van der Waals surface area contributed by atoms with Crippen molar-refractivity contribution in [1.82, 2.24) is 34.6 Å². The first-order valence-corrected chi connectivity index (χ1v) is 6.11. The third-order valence-electron chi connectivity index (χ3n) is 3.46. The fourth-order valence-corrected chi connectivity index (χ4v) is 2.44. The molecule has 1 aliphatic heterocycles. The van der Waals surface area contributed by atoms with Crippen LogP contribution in [0.25, 0.3) is 16.8 Å². The van der Waals surface area contributed by atoms with Gasteiger partial charge < -0.3 is 14.9 Å². The molecule has 1 saturated heterocycles. The van der Waals surface area contributed by atoms with E-state index < -0.39 is 18.4 Å². The van der Waals surface area contributed by atoms with Gasteiger partial charge in [-0.25, -0.2) is 9.97 Å². The van der Waals surface area contributed by atoms with E-state index in [1.54, 1.807) is 10.9 Å². The average molecular weight is 277 g/mol. The van der Waals surface area contributed by atoms with Crippen LogP contribution in [-0.2, 0) is 4.74 Å². The van der Waals surface area contributed by atoms with Crippen LogP contribution in [0.15, 0.2) is 12.7 Å². The number of nitrogens with zero attached hydrogens (tertiary/aromatic N) is 7. The molecule has 4 heterocycles. The third kappa shape index (κ3) is 1.52. The molecule has 104 valence electrons. The van der Waals surface area contributed by atoms with E-state index in [9.17, 15) is 5.11 Å². The van der Waals surface area contributed by atoms with E-state index in [1.165, 1.54) is 10.8 Å². The number of fused-ring (bicyclic) bond motifs is 3. The highest BCUT2D eigenvalue weighted by molar-refractivity contribution is 5.84. The fraction of sp³-hybridized carbons (Fsp3) is 0.500. The highest BCUT2D eigenvalue weighted by Gasteiger charge is 2.35. The standard InChI is InChI=1S/C10H11N7O3/c18-2-6-5(19)1-7(20-6)16-3-11-8-9(16)12-4-17-10(8)13-14-15-17/h3-7,18-19H,1-2H2/t5?,6-,7-/m1/s1. The van der Waals surface area contributed by atoms with Gasteiger partial charge in [-0.1, -0.05) is 0 Å². The molecular weight excluding hydrogens is 266 g/mol. The van der Waals surface area contributed by atoms with E-state index >= 15 is 0 Å². The lowest BCUT2D eigenvalue weighted by molar-refractivity contribution is -0.0432. The van der Waals surface area contributed by atoms with Gasteiger partial charge in [-0.3, -0.25) is 4.57 Å². The minimum Gasteiger partial charge on any atom is -0.394 e. The largest absolute Gasteiger partial charge is 0.394 e. The van der Waals surface area contributed by atoms with Crippen molar-refractivity contribution in [1.29, 1.82) is 0 Å². The van der Waals surface area contributed by atoms with Crippen LogP contribution in [0.5, 0.6) is 0 Å². The Hall–Kier alpha value is -2.17. The van der Waals surface area contributed by atoms with Gasteiger partial charge in [-0.05, 0) is 10.4 Å². The number of aliphatic hydroxyl groups is 2. The van der Waals surface area contributed by atoms with Crippen LogP contribution >= 0.6 is 0 Å². The van der Waals surface area contributed by atoms with E-state index in [1.807, 2.05) is 0 Å². The van der Waals surface area contributed by atoms with Crippen molar-refractivity contribution in [3.63, 3.8) is 0 Å². The Kier molecular flexibility index (Phi) is 2.42. The summed E-state index contributed by atoms with van der Waals surface area (Å²) in [7, 11) is 0. The SMILES string of the molecule is OC[C@H]1O[C@@H](n2cnc3c2ncn2nnnc32)CC1O. The van der Waals surface area contributed by atoms with Crippen molar-refractivity contribution in [2.75, 3.05) is 6.61 Å². The number of rotatable bonds is 2. The number of aliphatic hydroxyl groups excluding tert-OH is 2. The summed E-state index contributed by atoms with van der Waals surface area (Å²) in [5.74, 6) is 0. The lowest BCUT2D eigenvalue weighted by Crippen LogP contribution is -2.24. The zero-order chi connectivity index (χ0) is 13.7. The molecule has 1 aliphatic rings. The molecule has 0 amide bonds. The van der Waals surface area contributed by atoms with Gasteiger partial charge in [0.25, 0.3) is 0 Å². The Labute approximate surface area is 111 Å². The molecule has 2 N–H and O–H groups in total. The quantitative estimate of drug-likeness (QED) is 0.580. The molecule has 0 bridgehead atoms. The van der Waals surface area contributed by atoms with Crippen LogP contribution in [0.4, 0.5) is 0 Å². The Morgan fingerprint density at radius 1 is 1.30 bits per heavy atom. The molecule has 1 fully saturated rings. The molecule has 0 aliphatic carbocycles. The molecule has 0 radical (unpaired) electrons. The van der Waals surface area contributed by atoms with E-state index in [0.29, 0.717) is 23.2 Å². The summed E-state index contributed by atoms with van der Waals surface area (Å²) < 4.78 is 8.74. The Balaban J connectivity index is 1.81. The predicted octanol–water partition coefficient (Wildman–Crippen LogP) is -1.49. The molecule has 0 saturated carbocycles. The first kappa shape index (κ1) is 11.6. The number of imidazole rings is 1. The average Bonchev–Trinajstić information content (AvgIpc) is 3.13. The molecule has 1 unspecified atom stereocenters. The van der Waals surface area contributed by atoms with E-state index in [0.717, 1.165) is 0 Å². The van der Waals surface area contributed by atoms with Crippen LogP contribution < -0.4 is 0 Å². The van der Waals surface area contributed by atoms with Crippen molar-refractivity contribution >= 4 is 16.8 Å². The fourth-order valence-electron chi connectivity index (χ4n) is 2.44. The number of aromatic nitrogens is 7. The smallest absolute Gasteiger partial charge is 0.210 e. The lowest BCUT2D eigenvalue weighted by Gasteiger charge is -2.13. The van der Waals surface area contributed by atoms with Gasteiger partial charge >= 0.3 is 0 Å². The molecule has 10 heteroatoms. The maximum atomic E-state index is 9.79.